The Kier molecular flexibility index (Phi) is 4.85. The molecule has 2 heterocycles. The van der Waals surface area contributed by atoms with Crippen LogP contribution in [0.25, 0.3) is 5.69 Å². The molecule has 0 bridgehead atoms. The summed E-state index contributed by atoms with van der Waals surface area (Å²) in [6.07, 6.45) is -3.64. The molecule has 1 aliphatic heterocycles. The van der Waals surface area contributed by atoms with E-state index in [2.05, 4.69) is 4.98 Å². The van der Waals surface area contributed by atoms with Gasteiger partial charge in [-0.1, -0.05) is 23.7 Å². The lowest BCUT2D eigenvalue weighted by atomic mass is 10.1. The van der Waals surface area contributed by atoms with Crippen molar-refractivity contribution in [1.29, 1.82) is 0 Å². The highest BCUT2D eigenvalue weighted by Crippen LogP contribution is 2.43. The summed E-state index contributed by atoms with van der Waals surface area (Å²) in [7, 11) is 1.37. The van der Waals surface area contributed by atoms with E-state index in [1.165, 1.54) is 53.3 Å². The van der Waals surface area contributed by atoms with E-state index in [0.717, 1.165) is 17.1 Å². The topological polar surface area (TPSA) is 90.8 Å². The molecule has 1 atom stereocenters. The van der Waals surface area contributed by atoms with Gasteiger partial charge in [-0.15, -0.1) is 0 Å². The Morgan fingerprint density at radius 1 is 1.13 bits per heavy atom. The van der Waals surface area contributed by atoms with Crippen LogP contribution in [0.15, 0.2) is 53.6 Å². The Balaban J connectivity index is 1.76. The maximum atomic E-state index is 12.9. The number of aromatic hydroxyl groups is 1. The molecule has 12 heteroatoms. The Hall–Kier alpha value is -3.60. The van der Waals surface area contributed by atoms with Crippen molar-refractivity contribution in [3.8, 4) is 11.4 Å². The average molecular weight is 455 g/mol. The summed E-state index contributed by atoms with van der Waals surface area (Å²) < 4.78 is 45.1. The predicted molar refractivity (Wildman–Crippen MR) is 104 cm³/mol. The van der Waals surface area contributed by atoms with Crippen molar-refractivity contribution in [2.24, 2.45) is 0 Å². The quantitative estimate of drug-likeness (QED) is 0.623. The SMILES string of the molecule is CN1C(=O)OC(c2ccc(C(F)(F)F)cc2)N1c1cc(Cl)c(-n2cc[nH]c2=O)cc1O. The van der Waals surface area contributed by atoms with Crippen LogP contribution in [0, 0.1) is 0 Å². The number of H-pyrrole nitrogens is 1. The zero-order valence-electron chi connectivity index (χ0n) is 15.7. The number of carbonyl (C=O) groups excluding carboxylic acids is 1. The lowest BCUT2D eigenvalue weighted by Crippen LogP contribution is -2.36. The van der Waals surface area contributed by atoms with Crippen LogP contribution >= 0.6 is 11.6 Å². The normalized spacial score (nSPS) is 16.7. The van der Waals surface area contributed by atoms with Gasteiger partial charge >= 0.3 is 18.0 Å². The zero-order valence-corrected chi connectivity index (χ0v) is 16.5. The molecule has 162 valence electrons. The maximum absolute atomic E-state index is 12.9. The summed E-state index contributed by atoms with van der Waals surface area (Å²) >= 11 is 6.31. The Morgan fingerprint density at radius 3 is 2.39 bits per heavy atom. The Bertz CT molecular complexity index is 1210. The number of alkyl halides is 3. The molecule has 1 saturated heterocycles. The van der Waals surface area contributed by atoms with E-state index in [0.29, 0.717) is 0 Å². The maximum Gasteiger partial charge on any atom is 0.430 e. The molecule has 1 aromatic heterocycles. The summed E-state index contributed by atoms with van der Waals surface area (Å²) in [6, 6.07) is 6.65. The summed E-state index contributed by atoms with van der Waals surface area (Å²) in [5.74, 6) is -0.338. The van der Waals surface area contributed by atoms with Crippen LogP contribution in [-0.4, -0.2) is 32.8 Å². The van der Waals surface area contributed by atoms with Crippen LogP contribution in [0.4, 0.5) is 23.7 Å². The number of nitrogens with zero attached hydrogens (tertiary/aromatic N) is 3. The first-order valence-corrected chi connectivity index (χ1v) is 9.15. The lowest BCUT2D eigenvalue weighted by Gasteiger charge is -2.29. The third kappa shape index (κ3) is 3.56. The van der Waals surface area contributed by atoms with Crippen LogP contribution in [0.5, 0.6) is 5.75 Å². The van der Waals surface area contributed by atoms with E-state index in [4.69, 9.17) is 16.3 Å². The van der Waals surface area contributed by atoms with Crippen molar-refractivity contribution in [2.45, 2.75) is 12.4 Å². The molecular weight excluding hydrogens is 441 g/mol. The molecule has 8 nitrogen and oxygen atoms in total. The van der Waals surface area contributed by atoms with Gasteiger partial charge in [0.1, 0.15) is 11.4 Å². The number of hydrogen-bond acceptors (Lipinski definition) is 5. The van der Waals surface area contributed by atoms with E-state index in [1.54, 1.807) is 0 Å². The summed E-state index contributed by atoms with van der Waals surface area (Å²) in [5, 5.41) is 13.0. The van der Waals surface area contributed by atoms with Crippen LogP contribution in [0.3, 0.4) is 0 Å². The molecule has 2 aromatic carbocycles. The number of phenols is 1. The average Bonchev–Trinajstić information content (AvgIpc) is 3.26. The summed E-state index contributed by atoms with van der Waals surface area (Å²) in [6.45, 7) is 0. The molecule has 0 saturated carbocycles. The van der Waals surface area contributed by atoms with E-state index in [1.807, 2.05) is 0 Å². The van der Waals surface area contributed by atoms with Crippen molar-refractivity contribution in [3.05, 3.63) is 75.4 Å². The number of hydrogen-bond donors (Lipinski definition) is 2. The molecule has 31 heavy (non-hydrogen) atoms. The zero-order chi connectivity index (χ0) is 22.5. The molecule has 0 radical (unpaired) electrons. The van der Waals surface area contributed by atoms with E-state index >= 15 is 0 Å². The number of hydrazine groups is 1. The summed E-state index contributed by atoms with van der Waals surface area (Å²) in [4.78, 5) is 26.5. The minimum atomic E-state index is -4.51. The molecule has 2 N–H and O–H groups in total. The molecule has 4 rings (SSSR count). The number of imidazole rings is 1. The standard InChI is InChI=1S/C19H14ClF3N4O4/c1-25-18(30)31-16(10-2-4-11(5-3-10)19(21,22)23)27(25)14-8-12(20)13(9-15(14)28)26-7-6-24-17(26)29/h2-9,16,28H,1H3,(H,24,29). The second-order valence-electron chi connectivity index (χ2n) is 6.65. The van der Waals surface area contributed by atoms with E-state index in [-0.39, 0.29) is 27.7 Å². The first-order valence-electron chi connectivity index (χ1n) is 8.77. The first kappa shape index (κ1) is 20.7. The Morgan fingerprint density at radius 2 is 1.81 bits per heavy atom. The van der Waals surface area contributed by atoms with Gasteiger partial charge in [-0.05, 0) is 18.2 Å². The lowest BCUT2D eigenvalue weighted by molar-refractivity contribution is -0.137. The van der Waals surface area contributed by atoms with E-state index < -0.39 is 29.8 Å². The van der Waals surface area contributed by atoms with E-state index in [9.17, 15) is 27.9 Å². The number of ether oxygens (including phenoxy) is 1. The van der Waals surface area contributed by atoms with Gasteiger partial charge < -0.3 is 14.8 Å². The number of aromatic nitrogens is 2. The van der Waals surface area contributed by atoms with Crippen LogP contribution < -0.4 is 10.7 Å². The van der Waals surface area contributed by atoms with Crippen molar-refractivity contribution in [3.63, 3.8) is 0 Å². The fourth-order valence-electron chi connectivity index (χ4n) is 3.22. The second kappa shape index (κ2) is 7.27. The second-order valence-corrected chi connectivity index (χ2v) is 7.06. The number of rotatable bonds is 3. The van der Waals surface area contributed by atoms with Crippen molar-refractivity contribution in [1.82, 2.24) is 14.6 Å². The number of carbonyl (C=O) groups is 1. The number of nitrogens with one attached hydrogen (secondary N) is 1. The van der Waals surface area contributed by atoms with Gasteiger partial charge in [0, 0.05) is 31.1 Å². The van der Waals surface area contributed by atoms with Crippen LogP contribution in [0.2, 0.25) is 5.02 Å². The van der Waals surface area contributed by atoms with Gasteiger partial charge in [0.2, 0.25) is 6.23 Å². The minimum Gasteiger partial charge on any atom is -0.506 e. The fourth-order valence-corrected chi connectivity index (χ4v) is 3.47. The number of phenolic OH excluding ortho intramolecular Hbond substituents is 1. The number of cyclic esters (lactones) is 1. The van der Waals surface area contributed by atoms with Crippen molar-refractivity contribution >= 4 is 23.4 Å². The molecule has 1 aliphatic rings. The fraction of sp³-hybridized carbons (Fsp3) is 0.158. The smallest absolute Gasteiger partial charge is 0.430 e. The third-order valence-electron chi connectivity index (χ3n) is 4.74. The van der Waals surface area contributed by atoms with Gasteiger partial charge in [-0.25, -0.2) is 19.6 Å². The van der Waals surface area contributed by atoms with Gasteiger partial charge in [0.15, 0.2) is 0 Å². The predicted octanol–water partition coefficient (Wildman–Crippen LogP) is 4.05. The molecule has 1 fully saturated rings. The van der Waals surface area contributed by atoms with Crippen LogP contribution in [0.1, 0.15) is 17.4 Å². The third-order valence-corrected chi connectivity index (χ3v) is 5.05. The number of amides is 1. The largest absolute Gasteiger partial charge is 0.506 e. The highest BCUT2D eigenvalue weighted by atomic mass is 35.5. The van der Waals surface area contributed by atoms with Gasteiger partial charge in [0.05, 0.1) is 16.3 Å². The monoisotopic (exact) mass is 454 g/mol. The number of anilines is 1. The highest BCUT2D eigenvalue weighted by Gasteiger charge is 2.40. The number of aromatic amines is 1. The van der Waals surface area contributed by atoms with Crippen molar-refractivity contribution < 1.29 is 27.8 Å². The summed E-state index contributed by atoms with van der Waals surface area (Å²) in [5.41, 5.74) is -0.849. The first-order chi connectivity index (χ1) is 14.6. The van der Waals surface area contributed by atoms with Gasteiger partial charge in [0.25, 0.3) is 0 Å². The highest BCUT2D eigenvalue weighted by molar-refractivity contribution is 6.32. The molecule has 0 spiro atoms. The molecule has 0 aliphatic carbocycles. The van der Waals surface area contributed by atoms with Crippen LogP contribution in [-0.2, 0) is 10.9 Å². The molecule has 1 unspecified atom stereocenters. The molecular formula is C19H14ClF3N4O4. The molecule has 3 aromatic rings. The number of benzene rings is 2. The van der Waals surface area contributed by atoms with Gasteiger partial charge in [-0.2, -0.15) is 13.2 Å². The Labute approximate surface area is 177 Å². The number of halogens is 4. The molecule has 1 amide bonds. The van der Waals surface area contributed by atoms with Crippen molar-refractivity contribution in [2.75, 3.05) is 12.1 Å². The van der Waals surface area contributed by atoms with Gasteiger partial charge in [-0.3, -0.25) is 4.57 Å². The minimum absolute atomic E-state index is 0.0515.